The Morgan fingerprint density at radius 2 is 2.17 bits per heavy atom. The highest BCUT2D eigenvalue weighted by Crippen LogP contribution is 2.42. The standard InChI is InChI=1S/C14H23NO2S/c16-13-1-5-15-10-12(13)11-2-6-17-14(9-11)3-7-18-8-4-14/h11-12,15H,1-10H2. The lowest BCUT2D eigenvalue weighted by molar-refractivity contribution is -0.135. The molecule has 0 bridgehead atoms. The third kappa shape index (κ3) is 2.61. The summed E-state index contributed by atoms with van der Waals surface area (Å²) in [7, 11) is 0. The lowest BCUT2D eigenvalue weighted by Gasteiger charge is -2.45. The number of hydrogen-bond donors (Lipinski definition) is 1. The van der Waals surface area contributed by atoms with Crippen LogP contribution in [0, 0.1) is 11.8 Å². The Bertz CT molecular complexity index is 309. The Morgan fingerprint density at radius 3 is 2.94 bits per heavy atom. The Balaban J connectivity index is 1.67. The molecule has 1 N–H and O–H groups in total. The number of nitrogens with one attached hydrogen (secondary N) is 1. The number of ether oxygens (including phenoxy) is 1. The van der Waals surface area contributed by atoms with E-state index in [9.17, 15) is 4.79 Å². The summed E-state index contributed by atoms with van der Waals surface area (Å²) in [5.74, 6) is 3.75. The van der Waals surface area contributed by atoms with E-state index in [1.807, 2.05) is 11.8 Å². The summed E-state index contributed by atoms with van der Waals surface area (Å²) in [6.07, 6.45) is 5.29. The minimum absolute atomic E-state index is 0.117. The third-order valence-electron chi connectivity index (χ3n) is 4.83. The van der Waals surface area contributed by atoms with E-state index in [-0.39, 0.29) is 11.5 Å². The maximum Gasteiger partial charge on any atom is 0.138 e. The van der Waals surface area contributed by atoms with Crippen LogP contribution < -0.4 is 5.32 Å². The van der Waals surface area contributed by atoms with Gasteiger partial charge in [0, 0.05) is 32.0 Å². The molecule has 3 saturated heterocycles. The Morgan fingerprint density at radius 1 is 1.33 bits per heavy atom. The van der Waals surface area contributed by atoms with Gasteiger partial charge in [0.1, 0.15) is 5.78 Å². The van der Waals surface area contributed by atoms with Gasteiger partial charge in [-0.05, 0) is 43.1 Å². The highest BCUT2D eigenvalue weighted by atomic mass is 32.2. The number of ketones is 1. The largest absolute Gasteiger partial charge is 0.375 e. The molecule has 3 heterocycles. The van der Waals surface area contributed by atoms with E-state index in [2.05, 4.69) is 5.32 Å². The zero-order chi connectivity index (χ0) is 12.4. The van der Waals surface area contributed by atoms with Gasteiger partial charge >= 0.3 is 0 Å². The van der Waals surface area contributed by atoms with E-state index in [0.29, 0.717) is 11.7 Å². The molecular weight excluding hydrogens is 246 g/mol. The normalized spacial score (nSPS) is 36.8. The average molecular weight is 269 g/mol. The highest BCUT2D eigenvalue weighted by molar-refractivity contribution is 7.99. The Kier molecular flexibility index (Phi) is 3.97. The van der Waals surface area contributed by atoms with Gasteiger partial charge in [0.15, 0.2) is 0 Å². The number of carbonyl (C=O) groups excluding carboxylic acids is 1. The fourth-order valence-electron chi connectivity index (χ4n) is 3.70. The van der Waals surface area contributed by atoms with Crippen molar-refractivity contribution in [3.8, 4) is 0 Å². The van der Waals surface area contributed by atoms with Gasteiger partial charge in [0.25, 0.3) is 0 Å². The number of thioether (sulfide) groups is 1. The van der Waals surface area contributed by atoms with Gasteiger partial charge in [-0.3, -0.25) is 4.79 Å². The monoisotopic (exact) mass is 269 g/mol. The maximum atomic E-state index is 12.1. The van der Waals surface area contributed by atoms with Crippen molar-refractivity contribution in [3.63, 3.8) is 0 Å². The molecule has 2 atom stereocenters. The molecule has 102 valence electrons. The van der Waals surface area contributed by atoms with Gasteiger partial charge in [0.2, 0.25) is 0 Å². The molecule has 0 aliphatic carbocycles. The molecule has 3 aliphatic rings. The van der Waals surface area contributed by atoms with E-state index in [0.717, 1.165) is 39.0 Å². The van der Waals surface area contributed by atoms with Gasteiger partial charge in [-0.15, -0.1) is 0 Å². The predicted molar refractivity (Wildman–Crippen MR) is 73.9 cm³/mol. The van der Waals surface area contributed by atoms with Crippen LogP contribution in [0.5, 0.6) is 0 Å². The first-order valence-electron chi connectivity index (χ1n) is 7.24. The second-order valence-corrected chi connectivity index (χ2v) is 7.15. The van der Waals surface area contributed by atoms with Crippen molar-refractivity contribution in [1.82, 2.24) is 5.32 Å². The van der Waals surface area contributed by atoms with E-state index < -0.39 is 0 Å². The molecule has 0 radical (unpaired) electrons. The Labute approximate surface area is 113 Å². The molecule has 0 aromatic heterocycles. The lowest BCUT2D eigenvalue weighted by Crippen LogP contribution is -2.48. The summed E-state index contributed by atoms with van der Waals surface area (Å²) in [5.41, 5.74) is 0.117. The van der Waals surface area contributed by atoms with Crippen LogP contribution in [-0.2, 0) is 9.53 Å². The van der Waals surface area contributed by atoms with Crippen molar-refractivity contribution < 1.29 is 9.53 Å². The molecule has 2 unspecified atom stereocenters. The fraction of sp³-hybridized carbons (Fsp3) is 0.929. The first-order chi connectivity index (χ1) is 8.79. The van der Waals surface area contributed by atoms with Crippen LogP contribution in [0.3, 0.4) is 0 Å². The summed E-state index contributed by atoms with van der Waals surface area (Å²) >= 11 is 2.04. The zero-order valence-corrected chi connectivity index (χ0v) is 11.8. The predicted octanol–water partition coefficient (Wildman–Crippen LogP) is 1.86. The topological polar surface area (TPSA) is 38.3 Å². The molecule has 0 amide bonds. The maximum absolute atomic E-state index is 12.1. The second-order valence-electron chi connectivity index (χ2n) is 5.92. The fourth-order valence-corrected chi connectivity index (χ4v) is 4.94. The van der Waals surface area contributed by atoms with Crippen molar-refractivity contribution in [2.75, 3.05) is 31.2 Å². The molecule has 0 aromatic rings. The summed E-state index contributed by atoms with van der Waals surface area (Å²) in [6, 6.07) is 0. The lowest BCUT2D eigenvalue weighted by atomic mass is 9.73. The van der Waals surface area contributed by atoms with Gasteiger partial charge in [-0.25, -0.2) is 0 Å². The SMILES string of the molecule is O=C1CCNCC1C1CCOC2(CCSCC2)C1. The molecule has 3 aliphatic heterocycles. The molecule has 0 saturated carbocycles. The quantitative estimate of drug-likeness (QED) is 0.788. The minimum Gasteiger partial charge on any atom is -0.375 e. The van der Waals surface area contributed by atoms with E-state index in [1.54, 1.807) is 0 Å². The molecule has 18 heavy (non-hydrogen) atoms. The first-order valence-corrected chi connectivity index (χ1v) is 8.40. The van der Waals surface area contributed by atoms with E-state index in [4.69, 9.17) is 4.74 Å². The van der Waals surface area contributed by atoms with Gasteiger partial charge < -0.3 is 10.1 Å². The summed E-state index contributed by atoms with van der Waals surface area (Å²) in [5, 5.41) is 3.39. The van der Waals surface area contributed by atoms with Gasteiger partial charge in [-0.2, -0.15) is 11.8 Å². The average Bonchev–Trinajstić information content (AvgIpc) is 2.40. The van der Waals surface area contributed by atoms with Crippen LogP contribution in [0.25, 0.3) is 0 Å². The Hall–Kier alpha value is -0.0600. The van der Waals surface area contributed by atoms with Crippen molar-refractivity contribution in [1.29, 1.82) is 0 Å². The number of Topliss-reactive ketones (excluding diaryl/α,β-unsaturated/α-hetero) is 1. The van der Waals surface area contributed by atoms with Crippen LogP contribution in [-0.4, -0.2) is 42.6 Å². The molecule has 0 aromatic carbocycles. The molecule has 3 rings (SSSR count). The highest BCUT2D eigenvalue weighted by Gasteiger charge is 2.42. The molecule has 4 heteroatoms. The van der Waals surface area contributed by atoms with Crippen LogP contribution in [0.15, 0.2) is 0 Å². The molecular formula is C14H23NO2S. The molecule has 1 spiro atoms. The van der Waals surface area contributed by atoms with Crippen LogP contribution >= 0.6 is 11.8 Å². The van der Waals surface area contributed by atoms with Crippen LogP contribution in [0.2, 0.25) is 0 Å². The second kappa shape index (κ2) is 5.51. The minimum atomic E-state index is 0.117. The molecule has 3 nitrogen and oxygen atoms in total. The first kappa shape index (κ1) is 12.9. The van der Waals surface area contributed by atoms with E-state index >= 15 is 0 Å². The number of carbonyl (C=O) groups is 1. The summed E-state index contributed by atoms with van der Waals surface area (Å²) in [6.45, 7) is 2.63. The van der Waals surface area contributed by atoms with Crippen molar-refractivity contribution in [2.24, 2.45) is 11.8 Å². The van der Waals surface area contributed by atoms with Gasteiger partial charge in [0.05, 0.1) is 5.60 Å². The summed E-state index contributed by atoms with van der Waals surface area (Å²) in [4.78, 5) is 12.1. The number of rotatable bonds is 1. The van der Waals surface area contributed by atoms with Crippen LogP contribution in [0.1, 0.15) is 32.1 Å². The third-order valence-corrected chi connectivity index (χ3v) is 5.82. The van der Waals surface area contributed by atoms with Crippen LogP contribution in [0.4, 0.5) is 0 Å². The van der Waals surface area contributed by atoms with E-state index in [1.165, 1.54) is 24.3 Å². The number of hydrogen-bond acceptors (Lipinski definition) is 4. The zero-order valence-electron chi connectivity index (χ0n) is 11.0. The van der Waals surface area contributed by atoms with Crippen molar-refractivity contribution >= 4 is 17.5 Å². The van der Waals surface area contributed by atoms with Gasteiger partial charge in [-0.1, -0.05) is 0 Å². The summed E-state index contributed by atoms with van der Waals surface area (Å²) < 4.78 is 6.12. The molecule has 3 fully saturated rings. The van der Waals surface area contributed by atoms with Crippen molar-refractivity contribution in [2.45, 2.75) is 37.7 Å². The number of piperidine rings is 1. The van der Waals surface area contributed by atoms with Crippen molar-refractivity contribution in [3.05, 3.63) is 0 Å². The smallest absolute Gasteiger partial charge is 0.138 e.